The predicted octanol–water partition coefficient (Wildman–Crippen LogP) is 8.41. The number of allylic oxidation sites excluding steroid dienone is 1. The maximum Gasteiger partial charge on any atom is 0.573 e. The summed E-state index contributed by atoms with van der Waals surface area (Å²) >= 11 is 1.59. The Balaban J connectivity index is 1.25. The largest absolute Gasteiger partial charge is 0.573 e. The molecule has 3 aromatic carbocycles. The zero-order chi connectivity index (χ0) is 32.1. The number of carbonyl (C=O) groups is 1. The molecule has 1 aliphatic heterocycles. The number of aliphatic imine (C=N–C) groups is 1. The molecule has 2 heterocycles. The molecule has 2 amide bonds. The zero-order valence-corrected chi connectivity index (χ0v) is 26.1. The molecule has 0 aliphatic carbocycles. The van der Waals surface area contributed by atoms with Crippen molar-refractivity contribution in [1.29, 1.82) is 0 Å². The normalized spacial score (nSPS) is 16.7. The van der Waals surface area contributed by atoms with Gasteiger partial charge >= 0.3 is 12.4 Å². The van der Waals surface area contributed by atoms with E-state index in [-0.39, 0.29) is 11.8 Å². The Hall–Kier alpha value is -4.58. The first-order chi connectivity index (χ1) is 21.5. The number of rotatable bonds is 7. The van der Waals surface area contributed by atoms with Crippen LogP contribution < -0.4 is 15.0 Å². The van der Waals surface area contributed by atoms with E-state index in [0.29, 0.717) is 22.6 Å². The summed E-state index contributed by atoms with van der Waals surface area (Å²) in [5.41, 5.74) is 5.31. The fourth-order valence-electron chi connectivity index (χ4n) is 4.90. The maximum absolute atomic E-state index is 12.9. The molecule has 0 radical (unpaired) electrons. The number of halogens is 3. The number of para-hydroxylation sites is 1. The quantitative estimate of drug-likeness (QED) is 0.220. The second-order valence-electron chi connectivity index (χ2n) is 10.9. The van der Waals surface area contributed by atoms with Crippen LogP contribution in [0.2, 0.25) is 0 Å². The van der Waals surface area contributed by atoms with Crippen molar-refractivity contribution in [3.05, 3.63) is 96.5 Å². The third-order valence-electron chi connectivity index (χ3n) is 7.27. The first-order valence-corrected chi connectivity index (χ1v) is 15.4. The molecular formula is C33H33F3N6O2S. The van der Waals surface area contributed by atoms with Crippen molar-refractivity contribution in [1.82, 2.24) is 20.1 Å². The Kier molecular flexibility index (Phi) is 9.62. The lowest BCUT2D eigenvalue weighted by Gasteiger charge is -2.37. The number of urea groups is 1. The molecule has 0 spiro atoms. The van der Waals surface area contributed by atoms with Crippen LogP contribution in [0.1, 0.15) is 51.2 Å². The number of alkyl halides is 3. The van der Waals surface area contributed by atoms with Gasteiger partial charge in [-0.25, -0.2) is 14.5 Å². The van der Waals surface area contributed by atoms with E-state index < -0.39 is 12.4 Å². The van der Waals surface area contributed by atoms with Crippen LogP contribution in [0, 0.1) is 0 Å². The lowest BCUT2D eigenvalue weighted by Crippen LogP contribution is -2.42. The second-order valence-corrected chi connectivity index (χ2v) is 11.9. The number of ether oxygens (including phenoxy) is 1. The summed E-state index contributed by atoms with van der Waals surface area (Å²) in [5.74, 6) is 1.36. The van der Waals surface area contributed by atoms with Crippen molar-refractivity contribution < 1.29 is 22.7 Å². The average Bonchev–Trinajstić information content (AvgIpc) is 3.50. The van der Waals surface area contributed by atoms with E-state index in [2.05, 4.69) is 62.9 Å². The SMILES string of the molecule is C/C(=C\NC(=O)N=C1SCCC(C)N1c1ccccc1C(C)C)c1ccc(-c2ncn(-c3ccc(OC(F)(F)F)cc3)n2)cc1. The molecule has 1 fully saturated rings. The van der Waals surface area contributed by atoms with Gasteiger partial charge in [-0.1, -0.05) is 68.1 Å². The molecule has 8 nitrogen and oxygen atoms in total. The molecule has 45 heavy (non-hydrogen) atoms. The van der Waals surface area contributed by atoms with E-state index >= 15 is 0 Å². The van der Waals surface area contributed by atoms with Crippen LogP contribution in [0.5, 0.6) is 5.75 Å². The standard InChI is InChI=1S/C33H33F3N6O2S/c1-21(2)28-7-5-6-8-29(28)42-23(4)17-18-45-32(42)39-31(43)37-19-22(3)24-9-11-25(12-10-24)30-38-20-41(40-30)26-13-15-27(16-14-26)44-33(34,35)36/h5-16,19-21,23H,17-18H2,1-4H3,(H,37,43)/b22-19+,39-32?. The number of thioether (sulfide) groups is 1. The van der Waals surface area contributed by atoms with E-state index in [1.165, 1.54) is 40.8 Å². The molecule has 0 bridgehead atoms. The molecule has 1 N–H and O–H groups in total. The number of amides is 2. The van der Waals surface area contributed by atoms with Crippen molar-refractivity contribution in [2.24, 2.45) is 4.99 Å². The van der Waals surface area contributed by atoms with E-state index in [1.807, 2.05) is 43.3 Å². The number of nitrogens with one attached hydrogen (secondary N) is 1. The number of carbonyl (C=O) groups excluding carboxylic acids is 1. The van der Waals surface area contributed by atoms with Crippen LogP contribution in [-0.2, 0) is 0 Å². The van der Waals surface area contributed by atoms with Crippen LogP contribution >= 0.6 is 11.8 Å². The summed E-state index contributed by atoms with van der Waals surface area (Å²) < 4.78 is 42.7. The van der Waals surface area contributed by atoms with Gasteiger partial charge in [0.15, 0.2) is 11.0 Å². The highest BCUT2D eigenvalue weighted by molar-refractivity contribution is 8.14. The van der Waals surface area contributed by atoms with Gasteiger partial charge in [0, 0.05) is 29.2 Å². The Bertz CT molecular complexity index is 1700. The summed E-state index contributed by atoms with van der Waals surface area (Å²) in [4.78, 5) is 23.9. The highest BCUT2D eigenvalue weighted by atomic mass is 32.2. The summed E-state index contributed by atoms with van der Waals surface area (Å²) in [6.07, 6.45) is -0.629. The van der Waals surface area contributed by atoms with Crippen molar-refractivity contribution >= 4 is 34.2 Å². The van der Waals surface area contributed by atoms with Crippen LogP contribution in [0.15, 0.2) is 90.3 Å². The molecule has 1 aromatic heterocycles. The monoisotopic (exact) mass is 634 g/mol. The molecule has 5 rings (SSSR count). The Morgan fingerprint density at radius 1 is 1.09 bits per heavy atom. The molecule has 234 valence electrons. The fourth-order valence-corrected chi connectivity index (χ4v) is 6.11. The minimum atomic E-state index is -4.75. The number of nitrogens with zero attached hydrogens (tertiary/aromatic N) is 5. The molecule has 4 aromatic rings. The van der Waals surface area contributed by atoms with Crippen LogP contribution in [-0.4, -0.2) is 44.1 Å². The Labute approximate surface area is 264 Å². The first-order valence-electron chi connectivity index (χ1n) is 14.4. The van der Waals surface area contributed by atoms with Gasteiger partial charge in [0.05, 0.1) is 5.69 Å². The number of hydrogen-bond donors (Lipinski definition) is 1. The summed E-state index contributed by atoms with van der Waals surface area (Å²) in [6, 6.07) is 20.9. The first kappa shape index (κ1) is 31.8. The minimum Gasteiger partial charge on any atom is -0.406 e. The Morgan fingerprint density at radius 2 is 1.80 bits per heavy atom. The second kappa shape index (κ2) is 13.6. The minimum absolute atomic E-state index is 0.216. The van der Waals surface area contributed by atoms with Gasteiger partial charge in [0.1, 0.15) is 12.1 Å². The van der Waals surface area contributed by atoms with E-state index in [4.69, 9.17) is 0 Å². The van der Waals surface area contributed by atoms with Crippen LogP contribution in [0.3, 0.4) is 0 Å². The van der Waals surface area contributed by atoms with Crippen LogP contribution in [0.25, 0.3) is 22.6 Å². The number of aromatic nitrogens is 3. The number of anilines is 1. The van der Waals surface area contributed by atoms with Gasteiger partial charge in [-0.15, -0.1) is 18.3 Å². The van der Waals surface area contributed by atoms with Gasteiger partial charge in [0.25, 0.3) is 0 Å². The predicted molar refractivity (Wildman–Crippen MR) is 173 cm³/mol. The summed E-state index contributed by atoms with van der Waals surface area (Å²) in [6.45, 7) is 8.38. The highest BCUT2D eigenvalue weighted by Crippen LogP contribution is 2.34. The van der Waals surface area contributed by atoms with Gasteiger partial charge in [-0.3, -0.25) is 0 Å². The van der Waals surface area contributed by atoms with Crippen LogP contribution in [0.4, 0.5) is 23.7 Å². The average molecular weight is 635 g/mol. The lowest BCUT2D eigenvalue weighted by molar-refractivity contribution is -0.274. The highest BCUT2D eigenvalue weighted by Gasteiger charge is 2.31. The lowest BCUT2D eigenvalue weighted by atomic mass is 9.99. The molecule has 1 saturated heterocycles. The van der Waals surface area contributed by atoms with Gasteiger partial charge in [-0.2, -0.15) is 4.99 Å². The summed E-state index contributed by atoms with van der Waals surface area (Å²) in [7, 11) is 0. The molecule has 12 heteroatoms. The summed E-state index contributed by atoms with van der Waals surface area (Å²) in [5, 5.41) is 7.94. The van der Waals surface area contributed by atoms with E-state index in [9.17, 15) is 18.0 Å². The fraction of sp³-hybridized carbons (Fsp3) is 0.273. The van der Waals surface area contributed by atoms with Gasteiger partial charge in [-0.05, 0) is 73.2 Å². The van der Waals surface area contributed by atoms with Gasteiger partial charge in [0.2, 0.25) is 0 Å². The van der Waals surface area contributed by atoms with Crippen molar-refractivity contribution in [2.75, 3.05) is 10.7 Å². The van der Waals surface area contributed by atoms with E-state index in [1.54, 1.807) is 18.0 Å². The zero-order valence-electron chi connectivity index (χ0n) is 25.2. The third-order valence-corrected chi connectivity index (χ3v) is 8.25. The van der Waals surface area contributed by atoms with Crippen molar-refractivity contribution in [2.45, 2.75) is 52.4 Å². The Morgan fingerprint density at radius 3 is 2.49 bits per heavy atom. The number of hydrogen-bond acceptors (Lipinski definition) is 5. The molecule has 1 atom stereocenters. The third kappa shape index (κ3) is 7.93. The molecule has 1 aliphatic rings. The van der Waals surface area contributed by atoms with Crippen molar-refractivity contribution in [3.8, 4) is 22.8 Å². The van der Waals surface area contributed by atoms with Crippen molar-refractivity contribution in [3.63, 3.8) is 0 Å². The number of amidine groups is 1. The maximum atomic E-state index is 12.9. The number of benzene rings is 3. The topological polar surface area (TPSA) is 84.6 Å². The molecule has 0 saturated carbocycles. The molecule has 1 unspecified atom stereocenters. The van der Waals surface area contributed by atoms with Gasteiger partial charge < -0.3 is 15.0 Å². The van der Waals surface area contributed by atoms with E-state index in [0.717, 1.165) is 34.6 Å². The smallest absolute Gasteiger partial charge is 0.406 e. The molecular weight excluding hydrogens is 601 g/mol.